The number of amides is 1. The lowest BCUT2D eigenvalue weighted by Gasteiger charge is -2.21. The smallest absolute Gasteiger partial charge is 0.240 e. The number of carbonyl (C=O) groups excluding carboxylic acids is 1. The molecule has 17 heavy (non-hydrogen) atoms. The van der Waals surface area contributed by atoms with Crippen molar-refractivity contribution in [2.24, 2.45) is 0 Å². The maximum Gasteiger partial charge on any atom is 0.240 e. The number of aliphatic hydroxyl groups excluding tert-OH is 1. The summed E-state index contributed by atoms with van der Waals surface area (Å²) < 4.78 is 4.90. The third-order valence-electron chi connectivity index (χ3n) is 2.95. The number of hydrogen-bond acceptors (Lipinski definition) is 5. The lowest BCUT2D eigenvalue weighted by atomic mass is 10.2. The summed E-state index contributed by atoms with van der Waals surface area (Å²) >= 11 is 0. The highest BCUT2D eigenvalue weighted by Gasteiger charge is 2.25. The van der Waals surface area contributed by atoms with Crippen molar-refractivity contribution in [3.63, 3.8) is 0 Å². The van der Waals surface area contributed by atoms with E-state index in [1.54, 1.807) is 13.0 Å². The van der Waals surface area contributed by atoms with Crippen molar-refractivity contribution in [1.82, 2.24) is 10.1 Å². The van der Waals surface area contributed by atoms with Gasteiger partial charge in [0.2, 0.25) is 11.8 Å². The number of nitrogens with zero attached hydrogens (tertiary/aromatic N) is 2. The third-order valence-corrected chi connectivity index (χ3v) is 2.95. The van der Waals surface area contributed by atoms with Crippen molar-refractivity contribution in [3.8, 4) is 0 Å². The molecule has 1 aromatic heterocycles. The summed E-state index contributed by atoms with van der Waals surface area (Å²) in [4.78, 5) is 13.7. The minimum Gasteiger partial charge on any atom is -0.395 e. The largest absolute Gasteiger partial charge is 0.395 e. The van der Waals surface area contributed by atoms with Gasteiger partial charge in [0.1, 0.15) is 0 Å². The molecule has 0 aliphatic carbocycles. The second kappa shape index (κ2) is 5.29. The zero-order chi connectivity index (χ0) is 12.3. The van der Waals surface area contributed by atoms with Gasteiger partial charge in [0, 0.05) is 12.1 Å². The molecule has 0 radical (unpaired) electrons. The Labute approximate surface area is 99.6 Å². The van der Waals surface area contributed by atoms with Gasteiger partial charge in [-0.2, -0.15) is 0 Å². The van der Waals surface area contributed by atoms with E-state index < -0.39 is 0 Å². The summed E-state index contributed by atoms with van der Waals surface area (Å²) in [5.74, 6) is 0.230. The lowest BCUT2D eigenvalue weighted by molar-refractivity contribution is -0.117. The average Bonchev–Trinajstić information content (AvgIpc) is 2.87. The van der Waals surface area contributed by atoms with Gasteiger partial charge in [-0.25, -0.2) is 0 Å². The van der Waals surface area contributed by atoms with Gasteiger partial charge >= 0.3 is 0 Å². The van der Waals surface area contributed by atoms with Gasteiger partial charge in [0.15, 0.2) is 0 Å². The Morgan fingerprint density at radius 3 is 3.24 bits per heavy atom. The van der Waals surface area contributed by atoms with Crippen molar-refractivity contribution in [3.05, 3.63) is 11.8 Å². The van der Waals surface area contributed by atoms with Gasteiger partial charge in [0.25, 0.3) is 0 Å². The summed E-state index contributed by atoms with van der Waals surface area (Å²) in [6, 6.07) is 1.78. The van der Waals surface area contributed by atoms with Crippen LogP contribution in [0.25, 0.3) is 0 Å². The Balaban J connectivity index is 1.85. The number of hydrogen-bond donors (Lipinski definition) is 2. The van der Waals surface area contributed by atoms with Crippen LogP contribution in [0.1, 0.15) is 18.5 Å². The van der Waals surface area contributed by atoms with Gasteiger partial charge < -0.3 is 9.63 Å². The van der Waals surface area contributed by atoms with Gasteiger partial charge in [-0.1, -0.05) is 5.16 Å². The van der Waals surface area contributed by atoms with Crippen LogP contribution in [0, 0.1) is 6.92 Å². The fourth-order valence-electron chi connectivity index (χ4n) is 2.09. The van der Waals surface area contributed by atoms with Gasteiger partial charge in [-0.15, -0.1) is 0 Å². The molecule has 1 saturated heterocycles. The molecule has 1 aliphatic heterocycles. The molecule has 94 valence electrons. The molecule has 2 rings (SSSR count). The molecule has 1 atom stereocenters. The Morgan fingerprint density at radius 2 is 2.59 bits per heavy atom. The number of aromatic nitrogens is 1. The molecule has 2 N–H and O–H groups in total. The molecule has 1 unspecified atom stereocenters. The van der Waals surface area contributed by atoms with Crippen molar-refractivity contribution in [2.75, 3.05) is 25.0 Å². The normalized spacial score (nSPS) is 20.7. The number of aliphatic hydroxyl groups is 1. The standard InChI is InChI=1S/C11H17N3O3/c1-8-5-11(17-13-8)12-10(16)6-14-4-2-3-9(14)7-15/h5,9,15H,2-4,6-7H2,1H3,(H,12,16). The fourth-order valence-corrected chi connectivity index (χ4v) is 2.09. The predicted molar refractivity (Wildman–Crippen MR) is 61.6 cm³/mol. The Morgan fingerprint density at radius 1 is 1.76 bits per heavy atom. The quantitative estimate of drug-likeness (QED) is 0.794. The van der Waals surface area contributed by atoms with Crippen molar-refractivity contribution >= 4 is 11.8 Å². The molecule has 1 amide bonds. The van der Waals surface area contributed by atoms with Crippen LogP contribution < -0.4 is 5.32 Å². The van der Waals surface area contributed by atoms with Crippen LogP contribution in [0.5, 0.6) is 0 Å². The molecule has 2 heterocycles. The third kappa shape index (κ3) is 3.04. The predicted octanol–water partition coefficient (Wildman–Crippen LogP) is 0.378. The van der Waals surface area contributed by atoms with Crippen LogP contribution in [-0.2, 0) is 4.79 Å². The van der Waals surface area contributed by atoms with Gasteiger partial charge in [-0.3, -0.25) is 15.0 Å². The van der Waals surface area contributed by atoms with Crippen molar-refractivity contribution in [1.29, 1.82) is 0 Å². The molecular formula is C11H17N3O3. The first kappa shape index (κ1) is 12.1. The molecule has 6 heteroatoms. The van der Waals surface area contributed by atoms with E-state index in [-0.39, 0.29) is 25.1 Å². The van der Waals surface area contributed by atoms with Crippen LogP contribution in [0.2, 0.25) is 0 Å². The van der Waals surface area contributed by atoms with E-state index in [4.69, 9.17) is 9.63 Å². The van der Waals surface area contributed by atoms with E-state index in [9.17, 15) is 4.79 Å². The molecule has 1 aliphatic rings. The zero-order valence-electron chi connectivity index (χ0n) is 9.85. The van der Waals surface area contributed by atoms with Crippen molar-refractivity contribution < 1.29 is 14.4 Å². The SMILES string of the molecule is Cc1cc(NC(=O)CN2CCCC2CO)on1. The molecule has 0 spiro atoms. The van der Waals surface area contributed by atoms with Gasteiger partial charge in [0.05, 0.1) is 18.8 Å². The molecule has 0 saturated carbocycles. The van der Waals surface area contributed by atoms with Crippen molar-refractivity contribution in [2.45, 2.75) is 25.8 Å². The zero-order valence-corrected chi connectivity index (χ0v) is 9.85. The second-order valence-electron chi connectivity index (χ2n) is 4.33. The second-order valence-corrected chi connectivity index (χ2v) is 4.33. The maximum atomic E-state index is 11.7. The Hall–Kier alpha value is -1.40. The number of carbonyl (C=O) groups is 1. The highest BCUT2D eigenvalue weighted by Crippen LogP contribution is 2.16. The van der Waals surface area contributed by atoms with Crippen LogP contribution in [0.3, 0.4) is 0 Å². The molecule has 1 fully saturated rings. The van der Waals surface area contributed by atoms with E-state index in [1.165, 1.54) is 0 Å². The highest BCUT2D eigenvalue weighted by atomic mass is 16.5. The average molecular weight is 239 g/mol. The minimum atomic E-state index is -0.137. The van der Waals surface area contributed by atoms with E-state index in [0.717, 1.165) is 25.1 Å². The maximum absolute atomic E-state index is 11.7. The fraction of sp³-hybridized carbons (Fsp3) is 0.636. The lowest BCUT2D eigenvalue weighted by Crippen LogP contribution is -2.38. The minimum absolute atomic E-state index is 0.106. The van der Waals surface area contributed by atoms with E-state index in [1.807, 2.05) is 4.90 Å². The van der Waals surface area contributed by atoms with E-state index >= 15 is 0 Å². The number of nitrogens with one attached hydrogen (secondary N) is 1. The van der Waals surface area contributed by atoms with Crippen LogP contribution in [0.15, 0.2) is 10.6 Å². The monoisotopic (exact) mass is 239 g/mol. The van der Waals surface area contributed by atoms with Crippen LogP contribution in [0.4, 0.5) is 5.88 Å². The first-order chi connectivity index (χ1) is 8.19. The molecule has 0 bridgehead atoms. The number of rotatable bonds is 4. The molecule has 6 nitrogen and oxygen atoms in total. The number of anilines is 1. The summed E-state index contributed by atoms with van der Waals surface area (Å²) in [6.45, 7) is 3.04. The van der Waals surface area contributed by atoms with E-state index in [2.05, 4.69) is 10.5 Å². The molecule has 0 aromatic carbocycles. The number of aryl methyl sites for hydroxylation is 1. The highest BCUT2D eigenvalue weighted by molar-refractivity contribution is 5.91. The summed E-state index contributed by atoms with van der Waals surface area (Å²) in [5, 5.41) is 15.5. The summed E-state index contributed by atoms with van der Waals surface area (Å²) in [5.41, 5.74) is 0.731. The van der Waals surface area contributed by atoms with Crippen LogP contribution in [-0.4, -0.2) is 46.8 Å². The first-order valence-corrected chi connectivity index (χ1v) is 5.77. The Bertz CT molecular complexity index is 391. The summed E-state index contributed by atoms with van der Waals surface area (Å²) in [7, 11) is 0. The van der Waals surface area contributed by atoms with Gasteiger partial charge in [-0.05, 0) is 26.3 Å². The van der Waals surface area contributed by atoms with E-state index in [0.29, 0.717) is 5.88 Å². The Kier molecular flexibility index (Phi) is 3.75. The summed E-state index contributed by atoms with van der Waals surface area (Å²) in [6.07, 6.45) is 1.98. The first-order valence-electron chi connectivity index (χ1n) is 5.77. The molecular weight excluding hydrogens is 222 g/mol. The number of likely N-dealkylation sites (tertiary alicyclic amines) is 1. The topological polar surface area (TPSA) is 78.6 Å². The molecule has 1 aromatic rings. The van der Waals surface area contributed by atoms with Crippen LogP contribution >= 0.6 is 0 Å².